The molecule has 1 heterocycles. The lowest BCUT2D eigenvalue weighted by Crippen LogP contribution is -2.18. The van der Waals surface area contributed by atoms with Crippen LogP contribution in [0.1, 0.15) is 11.1 Å². The number of nitrogens with zero attached hydrogens (tertiary/aromatic N) is 2. The molecule has 0 fully saturated rings. The van der Waals surface area contributed by atoms with Crippen LogP contribution in [0.4, 0.5) is 5.69 Å². The van der Waals surface area contributed by atoms with Crippen molar-refractivity contribution in [2.24, 2.45) is 0 Å². The highest BCUT2D eigenvalue weighted by Gasteiger charge is 2.10. The summed E-state index contributed by atoms with van der Waals surface area (Å²) in [7, 11) is 2.06. The van der Waals surface area contributed by atoms with Crippen LogP contribution >= 0.6 is 27.5 Å². The van der Waals surface area contributed by atoms with Gasteiger partial charge in [0.05, 0.1) is 0 Å². The molecule has 0 spiro atoms. The summed E-state index contributed by atoms with van der Waals surface area (Å²) in [6.07, 6.45) is 3.67. The van der Waals surface area contributed by atoms with E-state index in [1.54, 1.807) is 6.20 Å². The largest absolute Gasteiger partial charge is 0.370 e. The molecule has 0 saturated heterocycles. The smallest absolute Gasteiger partial charge is 0.0467 e. The number of aromatic nitrogens is 1. The van der Waals surface area contributed by atoms with Gasteiger partial charge in [-0.2, -0.15) is 0 Å². The van der Waals surface area contributed by atoms with Gasteiger partial charge in [0.2, 0.25) is 0 Å². The highest BCUT2D eigenvalue weighted by molar-refractivity contribution is 9.08. The molecule has 1 aromatic heterocycles. The van der Waals surface area contributed by atoms with Gasteiger partial charge in [0.1, 0.15) is 0 Å². The number of alkyl halides is 1. The van der Waals surface area contributed by atoms with Gasteiger partial charge in [-0.3, -0.25) is 4.98 Å². The van der Waals surface area contributed by atoms with Gasteiger partial charge in [-0.05, 0) is 23.8 Å². The highest BCUT2D eigenvalue weighted by Crippen LogP contribution is 2.29. The maximum Gasteiger partial charge on any atom is 0.0467 e. The van der Waals surface area contributed by atoms with Gasteiger partial charge >= 0.3 is 0 Å². The van der Waals surface area contributed by atoms with Gasteiger partial charge in [-0.1, -0.05) is 39.7 Å². The van der Waals surface area contributed by atoms with E-state index in [9.17, 15) is 0 Å². The third-order valence-electron chi connectivity index (χ3n) is 2.78. The fraction of sp³-hybridized carbons (Fsp3) is 0.214. The molecule has 0 aliphatic carbocycles. The van der Waals surface area contributed by atoms with E-state index in [1.165, 1.54) is 5.56 Å². The van der Waals surface area contributed by atoms with Crippen molar-refractivity contribution in [3.8, 4) is 0 Å². The fourth-order valence-electron chi connectivity index (χ4n) is 1.89. The van der Waals surface area contributed by atoms with E-state index in [-0.39, 0.29) is 0 Å². The highest BCUT2D eigenvalue weighted by atomic mass is 79.9. The molecule has 0 N–H and O–H groups in total. The zero-order valence-electron chi connectivity index (χ0n) is 10.1. The normalized spacial score (nSPS) is 10.4. The second-order valence-electron chi connectivity index (χ2n) is 4.09. The van der Waals surface area contributed by atoms with Crippen molar-refractivity contribution in [3.05, 3.63) is 58.9 Å². The summed E-state index contributed by atoms with van der Waals surface area (Å²) in [5, 5.41) is 1.54. The summed E-state index contributed by atoms with van der Waals surface area (Å²) in [6.45, 7) is 0.814. The number of halogens is 2. The molecule has 0 amide bonds. The van der Waals surface area contributed by atoms with Crippen LogP contribution in [0.2, 0.25) is 5.02 Å². The number of hydrogen-bond acceptors (Lipinski definition) is 2. The number of rotatable bonds is 4. The molecule has 2 nitrogen and oxygen atoms in total. The molecule has 0 aliphatic rings. The minimum Gasteiger partial charge on any atom is -0.370 e. The summed E-state index contributed by atoms with van der Waals surface area (Å²) < 4.78 is 0. The molecule has 18 heavy (non-hydrogen) atoms. The lowest BCUT2D eigenvalue weighted by molar-refractivity contribution is 0.909. The minimum absolute atomic E-state index is 0.749. The van der Waals surface area contributed by atoms with Crippen molar-refractivity contribution in [3.63, 3.8) is 0 Å². The zero-order chi connectivity index (χ0) is 13.0. The van der Waals surface area contributed by atoms with Crippen molar-refractivity contribution >= 4 is 33.2 Å². The molecule has 1 aromatic carbocycles. The Kier molecular flexibility index (Phi) is 4.61. The SMILES string of the molecule is CN(Cc1cccnc1)c1cccc(Cl)c1CBr. The van der Waals surface area contributed by atoms with Crippen LogP contribution in [0.5, 0.6) is 0 Å². The fourth-order valence-corrected chi connectivity index (χ4v) is 2.87. The molecule has 0 unspecified atom stereocenters. The quantitative estimate of drug-likeness (QED) is 0.781. The summed E-state index contributed by atoms with van der Waals surface area (Å²) in [5.41, 5.74) is 3.44. The van der Waals surface area contributed by atoms with Gasteiger partial charge in [-0.25, -0.2) is 0 Å². The third kappa shape index (κ3) is 3.03. The molecular weight excluding hydrogens is 312 g/mol. The Labute approximate surface area is 121 Å². The van der Waals surface area contributed by atoms with Crippen LogP contribution in [-0.4, -0.2) is 12.0 Å². The number of benzene rings is 1. The molecule has 0 bridgehead atoms. The van der Waals surface area contributed by atoms with Gasteiger partial charge in [0.15, 0.2) is 0 Å². The Bertz CT molecular complexity index is 516. The average molecular weight is 326 g/mol. The van der Waals surface area contributed by atoms with E-state index in [0.29, 0.717) is 0 Å². The molecule has 94 valence electrons. The van der Waals surface area contributed by atoms with Crippen LogP contribution in [0.3, 0.4) is 0 Å². The Hall–Kier alpha value is -1.06. The first-order valence-electron chi connectivity index (χ1n) is 5.65. The maximum atomic E-state index is 6.21. The molecular formula is C14H14BrClN2. The monoisotopic (exact) mass is 324 g/mol. The zero-order valence-corrected chi connectivity index (χ0v) is 12.4. The number of anilines is 1. The predicted octanol–water partition coefficient (Wildman–Crippen LogP) is 4.27. The minimum atomic E-state index is 0.749. The maximum absolute atomic E-state index is 6.21. The summed E-state index contributed by atoms with van der Waals surface area (Å²) in [4.78, 5) is 6.31. The van der Waals surface area contributed by atoms with Crippen molar-refractivity contribution in [1.82, 2.24) is 4.98 Å². The lowest BCUT2D eigenvalue weighted by atomic mass is 10.1. The van der Waals surface area contributed by atoms with Crippen molar-refractivity contribution in [2.45, 2.75) is 11.9 Å². The summed E-state index contributed by atoms with van der Waals surface area (Å²) in [5.74, 6) is 0. The molecule has 0 radical (unpaired) electrons. The Morgan fingerprint density at radius 2 is 2.11 bits per heavy atom. The Balaban J connectivity index is 2.24. The summed E-state index contributed by atoms with van der Waals surface area (Å²) in [6, 6.07) is 10.00. The van der Waals surface area contributed by atoms with E-state index >= 15 is 0 Å². The van der Waals surface area contributed by atoms with Crippen LogP contribution < -0.4 is 4.90 Å². The van der Waals surface area contributed by atoms with E-state index in [1.807, 2.05) is 24.4 Å². The van der Waals surface area contributed by atoms with Crippen molar-refractivity contribution in [2.75, 3.05) is 11.9 Å². The van der Waals surface area contributed by atoms with E-state index in [0.717, 1.165) is 28.1 Å². The van der Waals surface area contributed by atoms with Gasteiger partial charge in [0, 0.05) is 47.6 Å². The first-order chi connectivity index (χ1) is 8.72. The average Bonchev–Trinajstić information content (AvgIpc) is 2.39. The van der Waals surface area contributed by atoms with E-state index < -0.39 is 0 Å². The van der Waals surface area contributed by atoms with Gasteiger partial charge in [-0.15, -0.1) is 0 Å². The molecule has 2 aromatic rings. The lowest BCUT2D eigenvalue weighted by Gasteiger charge is -2.22. The molecule has 0 atom stereocenters. The van der Waals surface area contributed by atoms with Gasteiger partial charge in [0.25, 0.3) is 0 Å². The first kappa shape index (κ1) is 13.4. The molecule has 4 heteroatoms. The van der Waals surface area contributed by atoms with Gasteiger partial charge < -0.3 is 4.90 Å². The van der Waals surface area contributed by atoms with Crippen LogP contribution in [-0.2, 0) is 11.9 Å². The second-order valence-corrected chi connectivity index (χ2v) is 5.06. The van der Waals surface area contributed by atoms with E-state index in [4.69, 9.17) is 11.6 Å². The van der Waals surface area contributed by atoms with Crippen LogP contribution in [0, 0.1) is 0 Å². The second kappa shape index (κ2) is 6.21. The van der Waals surface area contributed by atoms with Crippen LogP contribution in [0.25, 0.3) is 0 Å². The number of hydrogen-bond donors (Lipinski definition) is 0. The molecule has 0 saturated carbocycles. The Morgan fingerprint density at radius 3 is 2.78 bits per heavy atom. The molecule has 2 rings (SSSR count). The number of pyridine rings is 1. The summed E-state index contributed by atoms with van der Waals surface area (Å²) >= 11 is 9.70. The van der Waals surface area contributed by atoms with Crippen molar-refractivity contribution in [1.29, 1.82) is 0 Å². The predicted molar refractivity (Wildman–Crippen MR) is 80.4 cm³/mol. The Morgan fingerprint density at radius 1 is 1.28 bits per heavy atom. The standard InChI is InChI=1S/C14H14BrClN2/c1-18(10-11-4-3-7-17-9-11)14-6-2-5-13(16)12(14)8-15/h2-7,9H,8,10H2,1H3. The topological polar surface area (TPSA) is 16.1 Å². The van der Waals surface area contributed by atoms with E-state index in [2.05, 4.69) is 45.0 Å². The third-order valence-corrected chi connectivity index (χ3v) is 3.70. The van der Waals surface area contributed by atoms with Crippen molar-refractivity contribution < 1.29 is 0 Å². The van der Waals surface area contributed by atoms with Crippen LogP contribution in [0.15, 0.2) is 42.7 Å². The molecule has 0 aliphatic heterocycles. The first-order valence-corrected chi connectivity index (χ1v) is 7.15.